The minimum atomic E-state index is -1.79. The molecule has 0 spiro atoms. The van der Waals surface area contributed by atoms with Gasteiger partial charge in [-0.15, -0.1) is 0 Å². The van der Waals surface area contributed by atoms with Gasteiger partial charge >= 0.3 is 5.97 Å². The van der Waals surface area contributed by atoms with Crippen molar-refractivity contribution in [2.45, 2.75) is 30.7 Å². The number of hydrogen-bond donors (Lipinski definition) is 6. The summed E-state index contributed by atoms with van der Waals surface area (Å²) >= 11 is 0. The van der Waals surface area contributed by atoms with Crippen molar-refractivity contribution in [3.8, 4) is 51.4 Å². The second kappa shape index (κ2) is 12.7. The number of fused-ring (bicyclic) bond motifs is 1. The SMILES string of the molecule is COc1cc(-c2oc3cc(=O)cc(O)c-3cc2OC2O[C@H](COC(=O)C=Cc3ccc(O)cc3)[C@@H](O)[C@H](O)[C@H]2O)ccc1O. The normalized spacial score (nSPS) is 21.8. The second-order valence-electron chi connectivity index (χ2n) is 9.87. The summed E-state index contributed by atoms with van der Waals surface area (Å²) < 4.78 is 27.9. The summed E-state index contributed by atoms with van der Waals surface area (Å²) in [7, 11) is 1.34. The summed E-state index contributed by atoms with van der Waals surface area (Å²) in [5.41, 5.74) is 0.455. The molecule has 3 aliphatic rings. The van der Waals surface area contributed by atoms with Gasteiger partial charge in [-0.1, -0.05) is 12.1 Å². The maximum Gasteiger partial charge on any atom is 0.330 e. The molecule has 1 fully saturated rings. The standard InChI is InChI=1S/C31H28O13/c1-40-23-10-16(5-8-20(23)34)30-24(13-19-21(35)11-18(33)12-22(19)42-30)43-31-29(39)28(38)27(37)25(44-31)14-41-26(36)9-4-15-2-6-17(32)7-3-15/h2-13,25,27-29,31-32,34-35,37-39H,14H2,1H3/t25-,27-,28+,29-,31?/m1/s1. The monoisotopic (exact) mass is 608 g/mol. The molecule has 5 atom stereocenters. The van der Waals surface area contributed by atoms with E-state index in [2.05, 4.69) is 0 Å². The van der Waals surface area contributed by atoms with Crippen molar-refractivity contribution in [2.24, 2.45) is 0 Å². The first-order chi connectivity index (χ1) is 21.0. The number of esters is 1. The Kier molecular flexibility index (Phi) is 8.73. The van der Waals surface area contributed by atoms with E-state index < -0.39 is 54.5 Å². The van der Waals surface area contributed by atoms with E-state index >= 15 is 0 Å². The van der Waals surface area contributed by atoms with Gasteiger partial charge in [-0.25, -0.2) is 4.79 Å². The Morgan fingerprint density at radius 1 is 0.886 bits per heavy atom. The lowest BCUT2D eigenvalue weighted by Crippen LogP contribution is -2.60. The van der Waals surface area contributed by atoms with Crippen LogP contribution in [0.5, 0.6) is 28.7 Å². The van der Waals surface area contributed by atoms with Crippen molar-refractivity contribution in [1.29, 1.82) is 0 Å². The third-order valence-electron chi connectivity index (χ3n) is 6.85. The summed E-state index contributed by atoms with van der Waals surface area (Å²) in [5.74, 6) is -1.39. The third kappa shape index (κ3) is 6.45. The lowest BCUT2D eigenvalue weighted by atomic mass is 9.99. The molecule has 6 N–H and O–H groups in total. The van der Waals surface area contributed by atoms with Gasteiger partial charge in [0.15, 0.2) is 28.4 Å². The fraction of sp³-hybridized carbons (Fsp3) is 0.226. The quantitative estimate of drug-likeness (QED) is 0.125. The third-order valence-corrected chi connectivity index (χ3v) is 6.85. The van der Waals surface area contributed by atoms with Crippen molar-refractivity contribution in [3.63, 3.8) is 0 Å². The number of aromatic hydroxyl groups is 3. The smallest absolute Gasteiger partial charge is 0.330 e. The van der Waals surface area contributed by atoms with Crippen LogP contribution in [0.1, 0.15) is 5.56 Å². The molecule has 0 radical (unpaired) electrons. The van der Waals surface area contributed by atoms with Crippen LogP contribution in [-0.2, 0) is 14.3 Å². The lowest BCUT2D eigenvalue weighted by molar-refractivity contribution is -0.278. The average molecular weight is 609 g/mol. The number of aliphatic hydroxyl groups excluding tert-OH is 3. The topological polar surface area (TPSA) is 206 Å². The Bertz CT molecular complexity index is 1690. The molecule has 44 heavy (non-hydrogen) atoms. The van der Waals surface area contributed by atoms with Crippen molar-refractivity contribution >= 4 is 12.0 Å². The number of carbonyl (C=O) groups excluding carboxylic acids is 1. The predicted octanol–water partition coefficient (Wildman–Crippen LogP) is 1.98. The molecule has 2 aliphatic heterocycles. The number of ether oxygens (including phenoxy) is 4. The van der Waals surface area contributed by atoms with Crippen molar-refractivity contribution in [3.05, 3.63) is 82.5 Å². The van der Waals surface area contributed by atoms with E-state index in [1.165, 1.54) is 49.6 Å². The fourth-order valence-electron chi connectivity index (χ4n) is 4.52. The zero-order valence-corrected chi connectivity index (χ0v) is 23.1. The highest BCUT2D eigenvalue weighted by Gasteiger charge is 2.46. The van der Waals surface area contributed by atoms with Gasteiger partial charge in [0.1, 0.15) is 48.3 Å². The lowest BCUT2D eigenvalue weighted by Gasteiger charge is -2.40. The molecule has 0 saturated carbocycles. The van der Waals surface area contributed by atoms with Crippen LogP contribution in [0.15, 0.2) is 76.0 Å². The van der Waals surface area contributed by atoms with Gasteiger partial charge in [-0.3, -0.25) is 4.79 Å². The van der Waals surface area contributed by atoms with Gasteiger partial charge in [0.05, 0.1) is 12.7 Å². The number of phenols is 3. The van der Waals surface area contributed by atoms with E-state index in [1.807, 2.05) is 0 Å². The van der Waals surface area contributed by atoms with Gasteiger partial charge in [-0.2, -0.15) is 0 Å². The Morgan fingerprint density at radius 3 is 2.36 bits per heavy atom. The highest BCUT2D eigenvalue weighted by Crippen LogP contribution is 2.43. The van der Waals surface area contributed by atoms with E-state index in [0.717, 1.165) is 18.2 Å². The molecule has 1 unspecified atom stereocenters. The molecule has 1 aliphatic carbocycles. The largest absolute Gasteiger partial charge is 0.508 e. The Hall–Kier alpha value is -5.08. The molecule has 0 aromatic heterocycles. The number of aliphatic hydroxyl groups is 3. The van der Waals surface area contributed by atoms with Gasteiger partial charge < -0.3 is 54.0 Å². The van der Waals surface area contributed by atoms with Gasteiger partial charge in [-0.05, 0) is 48.0 Å². The van der Waals surface area contributed by atoms with E-state index in [4.69, 9.17) is 23.4 Å². The maximum absolute atomic E-state index is 12.3. The van der Waals surface area contributed by atoms with Crippen molar-refractivity contribution in [2.75, 3.05) is 13.7 Å². The molecule has 2 aromatic rings. The van der Waals surface area contributed by atoms with Crippen LogP contribution < -0.4 is 14.9 Å². The van der Waals surface area contributed by atoms with E-state index in [0.29, 0.717) is 11.1 Å². The van der Waals surface area contributed by atoms with E-state index in [1.54, 1.807) is 12.1 Å². The van der Waals surface area contributed by atoms with Crippen LogP contribution in [0.4, 0.5) is 0 Å². The summed E-state index contributed by atoms with van der Waals surface area (Å²) in [5, 5.41) is 61.6. The molecule has 13 nitrogen and oxygen atoms in total. The summed E-state index contributed by atoms with van der Waals surface area (Å²) in [6.07, 6.45) is -5.65. The van der Waals surface area contributed by atoms with Crippen LogP contribution in [-0.4, -0.2) is 81.0 Å². The summed E-state index contributed by atoms with van der Waals surface area (Å²) in [6, 6.07) is 13.7. The Labute approximate surface area is 249 Å². The molecule has 13 heteroatoms. The Morgan fingerprint density at radius 2 is 1.64 bits per heavy atom. The van der Waals surface area contributed by atoms with Crippen molar-refractivity contribution < 1.29 is 58.8 Å². The molecule has 5 rings (SSSR count). The minimum Gasteiger partial charge on any atom is -0.508 e. The zero-order chi connectivity index (χ0) is 31.5. The second-order valence-corrected chi connectivity index (χ2v) is 9.87. The fourth-order valence-corrected chi connectivity index (χ4v) is 4.52. The molecule has 1 saturated heterocycles. The highest BCUT2D eigenvalue weighted by molar-refractivity contribution is 5.87. The summed E-state index contributed by atoms with van der Waals surface area (Å²) in [6.45, 7) is -0.527. The highest BCUT2D eigenvalue weighted by atomic mass is 16.7. The van der Waals surface area contributed by atoms with Crippen LogP contribution in [0.3, 0.4) is 0 Å². The van der Waals surface area contributed by atoms with Gasteiger partial charge in [0.2, 0.25) is 6.29 Å². The van der Waals surface area contributed by atoms with Crippen LogP contribution in [0.2, 0.25) is 0 Å². The number of rotatable bonds is 8. The van der Waals surface area contributed by atoms with Gasteiger partial charge in [0, 0.05) is 23.8 Å². The van der Waals surface area contributed by atoms with Crippen molar-refractivity contribution in [1.82, 2.24) is 0 Å². The first-order valence-electron chi connectivity index (χ1n) is 13.2. The Balaban J connectivity index is 1.41. The number of methoxy groups -OCH3 is 1. The van der Waals surface area contributed by atoms with Crippen LogP contribution >= 0.6 is 0 Å². The molecule has 2 heterocycles. The van der Waals surface area contributed by atoms with Crippen LogP contribution in [0, 0.1) is 0 Å². The maximum atomic E-state index is 12.3. The van der Waals surface area contributed by atoms with Crippen LogP contribution in [0.25, 0.3) is 28.7 Å². The number of carbonyl (C=O) groups is 1. The molecule has 230 valence electrons. The predicted molar refractivity (Wildman–Crippen MR) is 152 cm³/mol. The van der Waals surface area contributed by atoms with E-state index in [-0.39, 0.29) is 40.1 Å². The van der Waals surface area contributed by atoms with E-state index in [9.17, 15) is 40.2 Å². The average Bonchev–Trinajstić information content (AvgIpc) is 3.00. The molecular formula is C31H28O13. The molecule has 2 aromatic carbocycles. The number of benzene rings is 3. The number of phenolic OH excluding ortho intramolecular Hbond substituents is 3. The molecule has 0 bridgehead atoms. The zero-order valence-electron chi connectivity index (χ0n) is 23.1. The molecular weight excluding hydrogens is 580 g/mol. The minimum absolute atomic E-state index is 0.00453. The summed E-state index contributed by atoms with van der Waals surface area (Å²) in [4.78, 5) is 24.3. The first-order valence-corrected chi connectivity index (χ1v) is 13.2. The number of hydrogen-bond acceptors (Lipinski definition) is 13. The van der Waals surface area contributed by atoms with Gasteiger partial charge in [0.25, 0.3) is 0 Å². The first kappa shape index (κ1) is 30.4. The molecule has 0 amide bonds.